The van der Waals surface area contributed by atoms with E-state index in [1.165, 1.54) is 34.0 Å². The predicted octanol–water partition coefficient (Wildman–Crippen LogP) is 2.82. The number of nitrogens with one attached hydrogen (secondary N) is 1. The Balaban J connectivity index is 1.66. The molecule has 1 amide bonds. The molecule has 9 heteroatoms. The van der Waals surface area contributed by atoms with Crippen LogP contribution in [0, 0.1) is 12.7 Å². The molecule has 2 aromatic heterocycles. The zero-order valence-electron chi connectivity index (χ0n) is 13.6. The molecule has 0 aliphatic carbocycles. The van der Waals surface area contributed by atoms with Crippen LogP contribution in [-0.4, -0.2) is 30.5 Å². The van der Waals surface area contributed by atoms with Gasteiger partial charge in [0.05, 0.1) is 23.5 Å². The Morgan fingerprint density at radius 3 is 2.92 bits per heavy atom. The number of benzene rings is 1. The van der Waals surface area contributed by atoms with Crippen molar-refractivity contribution in [2.45, 2.75) is 26.4 Å². The second-order valence-electron chi connectivity index (χ2n) is 5.58. The van der Waals surface area contributed by atoms with Gasteiger partial charge in [-0.2, -0.15) is 5.10 Å². The minimum atomic E-state index is -0.567. The summed E-state index contributed by atoms with van der Waals surface area (Å²) in [6.07, 6.45) is 2.97. The molecule has 0 aliphatic rings. The number of anilines is 1. The van der Waals surface area contributed by atoms with E-state index in [9.17, 15) is 9.18 Å². The summed E-state index contributed by atoms with van der Waals surface area (Å²) in [5, 5.41) is 11.4. The Bertz CT molecular complexity index is 906. The maximum Gasteiger partial charge on any atom is 0.251 e. The van der Waals surface area contributed by atoms with Crippen LogP contribution in [-0.2, 0) is 11.3 Å². The number of aromatic nitrogens is 5. The van der Waals surface area contributed by atoms with Crippen molar-refractivity contribution in [1.82, 2.24) is 24.5 Å². The number of carbonyl (C=O) groups excluding carboxylic acids is 1. The van der Waals surface area contributed by atoms with E-state index >= 15 is 0 Å². The van der Waals surface area contributed by atoms with Crippen molar-refractivity contribution in [2.75, 3.05) is 5.32 Å². The Kier molecular flexibility index (Phi) is 4.80. The highest BCUT2D eigenvalue weighted by atomic mass is 35.5. The van der Waals surface area contributed by atoms with Crippen molar-refractivity contribution in [3.8, 4) is 0 Å². The van der Waals surface area contributed by atoms with Gasteiger partial charge in [0.15, 0.2) is 0 Å². The third kappa shape index (κ3) is 3.85. The summed E-state index contributed by atoms with van der Waals surface area (Å²) < 4.78 is 16.3. The van der Waals surface area contributed by atoms with Crippen molar-refractivity contribution in [2.24, 2.45) is 0 Å². The lowest BCUT2D eigenvalue weighted by atomic mass is 10.2. The van der Waals surface area contributed by atoms with Gasteiger partial charge in [0.1, 0.15) is 18.2 Å². The van der Waals surface area contributed by atoms with Gasteiger partial charge in [-0.3, -0.25) is 14.8 Å². The summed E-state index contributed by atoms with van der Waals surface area (Å²) in [5.41, 5.74) is 1.45. The monoisotopic (exact) mass is 362 g/mol. The highest BCUT2D eigenvalue weighted by Gasteiger charge is 2.20. The maximum atomic E-state index is 13.2. The normalized spacial score (nSPS) is 12.2. The van der Waals surface area contributed by atoms with Crippen molar-refractivity contribution >= 4 is 23.5 Å². The van der Waals surface area contributed by atoms with Gasteiger partial charge in [0.25, 0.3) is 5.91 Å². The minimum Gasteiger partial charge on any atom is -0.291 e. The van der Waals surface area contributed by atoms with E-state index in [1.807, 2.05) is 0 Å². The lowest BCUT2D eigenvalue weighted by molar-refractivity contribution is -0.119. The average molecular weight is 363 g/mol. The summed E-state index contributed by atoms with van der Waals surface area (Å²) in [7, 11) is 0. The molecule has 0 aliphatic heterocycles. The van der Waals surface area contributed by atoms with Crippen LogP contribution in [0.25, 0.3) is 0 Å². The van der Waals surface area contributed by atoms with Crippen LogP contribution in [0.5, 0.6) is 0 Å². The first kappa shape index (κ1) is 17.1. The van der Waals surface area contributed by atoms with Crippen LogP contribution < -0.4 is 5.32 Å². The standard InChI is InChI=1S/C16H16ClFN6O/c1-10-14(17)7-20-24(10)11(2)15(25)21-16-19-9-23(22-16)8-12-4-3-5-13(18)6-12/h3-7,9,11H,8H2,1-2H3,(H,21,22,25). The van der Waals surface area contributed by atoms with E-state index < -0.39 is 6.04 Å². The SMILES string of the molecule is Cc1c(Cl)cnn1C(C)C(=O)Nc1ncn(Cc2cccc(F)c2)n1. The second kappa shape index (κ2) is 7.02. The first-order valence-electron chi connectivity index (χ1n) is 7.58. The molecular weight excluding hydrogens is 347 g/mol. The molecule has 7 nitrogen and oxygen atoms in total. The number of halogens is 2. The van der Waals surface area contributed by atoms with Crippen molar-refractivity contribution in [3.05, 3.63) is 58.9 Å². The number of carbonyl (C=O) groups is 1. The lowest BCUT2D eigenvalue weighted by Gasteiger charge is -2.12. The zero-order valence-corrected chi connectivity index (χ0v) is 14.4. The topological polar surface area (TPSA) is 77.6 Å². The fourth-order valence-corrected chi connectivity index (χ4v) is 2.50. The minimum absolute atomic E-state index is 0.171. The number of rotatable bonds is 5. The van der Waals surface area contributed by atoms with E-state index in [0.29, 0.717) is 17.3 Å². The van der Waals surface area contributed by atoms with Crippen LogP contribution in [0.3, 0.4) is 0 Å². The molecule has 0 saturated heterocycles. The van der Waals surface area contributed by atoms with E-state index in [-0.39, 0.29) is 17.7 Å². The fraction of sp³-hybridized carbons (Fsp3) is 0.250. The lowest BCUT2D eigenvalue weighted by Crippen LogP contribution is -2.25. The highest BCUT2D eigenvalue weighted by Crippen LogP contribution is 2.18. The largest absolute Gasteiger partial charge is 0.291 e. The second-order valence-corrected chi connectivity index (χ2v) is 5.99. The summed E-state index contributed by atoms with van der Waals surface area (Å²) >= 11 is 5.96. The molecule has 0 saturated carbocycles. The highest BCUT2D eigenvalue weighted by molar-refractivity contribution is 6.31. The Labute approximate surface area is 148 Å². The van der Waals surface area contributed by atoms with Gasteiger partial charge in [-0.25, -0.2) is 14.1 Å². The van der Waals surface area contributed by atoms with Crippen LogP contribution in [0.2, 0.25) is 5.02 Å². The van der Waals surface area contributed by atoms with Gasteiger partial charge in [0, 0.05) is 0 Å². The van der Waals surface area contributed by atoms with E-state index in [4.69, 9.17) is 11.6 Å². The third-order valence-corrected chi connectivity index (χ3v) is 4.11. The number of amides is 1. The van der Waals surface area contributed by atoms with Gasteiger partial charge < -0.3 is 0 Å². The van der Waals surface area contributed by atoms with Crippen molar-refractivity contribution in [3.63, 3.8) is 0 Å². The number of hydrogen-bond donors (Lipinski definition) is 1. The molecule has 3 aromatic rings. The van der Waals surface area contributed by atoms with Gasteiger partial charge >= 0.3 is 0 Å². The molecule has 0 spiro atoms. The van der Waals surface area contributed by atoms with E-state index in [2.05, 4.69) is 20.5 Å². The quantitative estimate of drug-likeness (QED) is 0.757. The Morgan fingerprint density at radius 1 is 1.44 bits per heavy atom. The van der Waals surface area contributed by atoms with Crippen LogP contribution in [0.1, 0.15) is 24.2 Å². The molecule has 0 bridgehead atoms. The molecule has 130 valence electrons. The first-order chi connectivity index (χ1) is 11.9. The molecular formula is C16H16ClFN6O. The van der Waals surface area contributed by atoms with Gasteiger partial charge in [-0.15, -0.1) is 5.10 Å². The smallest absolute Gasteiger partial charge is 0.251 e. The Morgan fingerprint density at radius 2 is 2.24 bits per heavy atom. The molecule has 1 unspecified atom stereocenters. The maximum absolute atomic E-state index is 13.2. The molecule has 1 atom stereocenters. The third-order valence-electron chi connectivity index (χ3n) is 3.74. The van der Waals surface area contributed by atoms with E-state index in [1.54, 1.807) is 26.0 Å². The zero-order chi connectivity index (χ0) is 18.0. The van der Waals surface area contributed by atoms with Crippen molar-refractivity contribution < 1.29 is 9.18 Å². The summed E-state index contributed by atoms with van der Waals surface area (Å²) in [6, 6.07) is 5.65. The molecule has 2 heterocycles. The van der Waals surface area contributed by atoms with Gasteiger partial charge in [0.2, 0.25) is 5.95 Å². The predicted molar refractivity (Wildman–Crippen MR) is 90.8 cm³/mol. The van der Waals surface area contributed by atoms with Crippen LogP contribution in [0.4, 0.5) is 10.3 Å². The van der Waals surface area contributed by atoms with Gasteiger partial charge in [-0.05, 0) is 31.5 Å². The summed E-state index contributed by atoms with van der Waals surface area (Å²) in [4.78, 5) is 16.4. The molecule has 25 heavy (non-hydrogen) atoms. The molecule has 0 radical (unpaired) electrons. The molecule has 0 fully saturated rings. The van der Waals surface area contributed by atoms with Gasteiger partial charge in [-0.1, -0.05) is 23.7 Å². The fourth-order valence-electron chi connectivity index (χ4n) is 2.37. The number of nitrogens with zero attached hydrogens (tertiary/aromatic N) is 5. The van der Waals surface area contributed by atoms with E-state index in [0.717, 1.165) is 5.56 Å². The molecule has 3 rings (SSSR count). The number of hydrogen-bond acceptors (Lipinski definition) is 4. The van der Waals surface area contributed by atoms with Crippen LogP contribution in [0.15, 0.2) is 36.8 Å². The average Bonchev–Trinajstić information content (AvgIpc) is 3.14. The molecule has 1 aromatic carbocycles. The van der Waals surface area contributed by atoms with Crippen molar-refractivity contribution in [1.29, 1.82) is 0 Å². The van der Waals surface area contributed by atoms with Crippen LogP contribution >= 0.6 is 11.6 Å². The molecule has 1 N–H and O–H groups in total. The first-order valence-corrected chi connectivity index (χ1v) is 7.96. The Hall–Kier alpha value is -2.74. The summed E-state index contributed by atoms with van der Waals surface area (Å²) in [5.74, 6) is -0.455. The summed E-state index contributed by atoms with van der Waals surface area (Å²) in [6.45, 7) is 3.84.